The summed E-state index contributed by atoms with van der Waals surface area (Å²) in [6.07, 6.45) is 1.59. The number of carbonyl (C=O) groups excluding carboxylic acids is 2. The van der Waals surface area contributed by atoms with Crippen LogP contribution in [0.4, 0.5) is 0 Å². The lowest BCUT2D eigenvalue weighted by Crippen LogP contribution is -2.46. The molecule has 1 heterocycles. The van der Waals surface area contributed by atoms with Crippen LogP contribution < -0.4 is 5.32 Å². The van der Waals surface area contributed by atoms with E-state index in [1.807, 2.05) is 20.8 Å². The number of pyridine rings is 1. The van der Waals surface area contributed by atoms with Crippen LogP contribution in [-0.4, -0.2) is 40.8 Å². The minimum Gasteiger partial charge on any atom is -0.350 e. The molecule has 19 heavy (non-hydrogen) atoms. The summed E-state index contributed by atoms with van der Waals surface area (Å²) >= 11 is 3.22. The highest BCUT2D eigenvalue weighted by Gasteiger charge is 2.20. The molecule has 104 valence electrons. The first-order valence-corrected chi connectivity index (χ1v) is 6.67. The normalized spacial score (nSPS) is 11.0. The second kappa shape index (κ2) is 6.14. The maximum Gasteiger partial charge on any atom is 0.256 e. The Morgan fingerprint density at radius 2 is 2.05 bits per heavy atom. The van der Waals surface area contributed by atoms with Crippen molar-refractivity contribution < 1.29 is 9.59 Å². The van der Waals surface area contributed by atoms with E-state index >= 15 is 0 Å². The molecule has 0 fully saturated rings. The van der Waals surface area contributed by atoms with Gasteiger partial charge in [0.2, 0.25) is 5.91 Å². The number of amides is 2. The van der Waals surface area contributed by atoms with E-state index in [2.05, 4.69) is 26.2 Å². The number of hydrogen-bond donors (Lipinski definition) is 1. The predicted octanol–water partition coefficient (Wildman–Crippen LogP) is 1.83. The van der Waals surface area contributed by atoms with E-state index in [4.69, 9.17) is 0 Å². The third-order valence-electron chi connectivity index (χ3n) is 2.23. The number of carbonyl (C=O) groups is 2. The molecule has 6 heteroatoms. The second-order valence-electron chi connectivity index (χ2n) is 5.30. The fourth-order valence-corrected chi connectivity index (χ4v) is 1.92. The highest BCUT2D eigenvalue weighted by Crippen LogP contribution is 2.14. The van der Waals surface area contributed by atoms with E-state index in [0.717, 1.165) is 0 Å². The van der Waals surface area contributed by atoms with Crippen molar-refractivity contribution >= 4 is 27.7 Å². The van der Waals surface area contributed by atoms with E-state index in [1.165, 1.54) is 4.90 Å². The zero-order chi connectivity index (χ0) is 14.6. The molecule has 1 N–H and O–H groups in total. The van der Waals surface area contributed by atoms with Crippen molar-refractivity contribution in [2.75, 3.05) is 13.6 Å². The van der Waals surface area contributed by atoms with E-state index in [9.17, 15) is 9.59 Å². The first-order valence-electron chi connectivity index (χ1n) is 5.87. The lowest BCUT2D eigenvalue weighted by molar-refractivity contribution is -0.122. The zero-order valence-corrected chi connectivity index (χ0v) is 13.1. The van der Waals surface area contributed by atoms with Gasteiger partial charge in [-0.2, -0.15) is 0 Å². The Labute approximate surface area is 121 Å². The Morgan fingerprint density at radius 1 is 1.42 bits per heavy atom. The molecule has 0 radical (unpaired) electrons. The molecule has 0 saturated heterocycles. The van der Waals surface area contributed by atoms with Gasteiger partial charge in [-0.1, -0.05) is 0 Å². The maximum atomic E-state index is 12.1. The predicted molar refractivity (Wildman–Crippen MR) is 76.8 cm³/mol. The summed E-state index contributed by atoms with van der Waals surface area (Å²) in [5, 5.41) is 2.81. The van der Waals surface area contributed by atoms with Crippen LogP contribution in [0.25, 0.3) is 0 Å². The van der Waals surface area contributed by atoms with Crippen molar-refractivity contribution in [3.8, 4) is 0 Å². The van der Waals surface area contributed by atoms with Crippen LogP contribution in [0.1, 0.15) is 31.1 Å². The summed E-state index contributed by atoms with van der Waals surface area (Å²) in [7, 11) is 1.59. The molecule has 5 nitrogen and oxygen atoms in total. The van der Waals surface area contributed by atoms with Crippen LogP contribution in [0, 0.1) is 0 Å². The third kappa shape index (κ3) is 4.98. The summed E-state index contributed by atoms with van der Waals surface area (Å²) in [6, 6.07) is 3.35. The number of halogens is 1. The van der Waals surface area contributed by atoms with Crippen molar-refractivity contribution in [2.45, 2.75) is 26.3 Å². The van der Waals surface area contributed by atoms with Crippen LogP contribution >= 0.6 is 15.9 Å². The number of nitrogens with zero attached hydrogens (tertiary/aromatic N) is 2. The van der Waals surface area contributed by atoms with Crippen LogP contribution in [0.15, 0.2) is 22.9 Å². The molecule has 0 spiro atoms. The Bertz CT molecular complexity index is 483. The van der Waals surface area contributed by atoms with Crippen molar-refractivity contribution in [1.82, 2.24) is 15.2 Å². The van der Waals surface area contributed by atoms with Gasteiger partial charge < -0.3 is 10.2 Å². The molecule has 1 aromatic heterocycles. The molecule has 0 atom stereocenters. The van der Waals surface area contributed by atoms with Gasteiger partial charge in [0.05, 0.1) is 12.1 Å². The van der Waals surface area contributed by atoms with Gasteiger partial charge in [-0.05, 0) is 48.8 Å². The molecule has 0 bridgehead atoms. The van der Waals surface area contributed by atoms with Crippen LogP contribution in [0.2, 0.25) is 0 Å². The summed E-state index contributed by atoms with van der Waals surface area (Å²) in [6.45, 7) is 5.69. The largest absolute Gasteiger partial charge is 0.350 e. The molecular weight excluding hydrogens is 310 g/mol. The van der Waals surface area contributed by atoms with Crippen molar-refractivity contribution in [3.63, 3.8) is 0 Å². The Kier molecular flexibility index (Phi) is 5.05. The second-order valence-corrected chi connectivity index (χ2v) is 6.05. The molecule has 2 amide bonds. The van der Waals surface area contributed by atoms with Crippen LogP contribution in [-0.2, 0) is 4.79 Å². The standard InChI is InChI=1S/C13H18BrN3O2/c1-13(2,3)16-10(18)8-17(4)12(19)9-6-5-7-15-11(9)14/h5-7H,8H2,1-4H3,(H,16,18). The molecule has 0 aliphatic heterocycles. The lowest BCUT2D eigenvalue weighted by atomic mass is 10.1. The molecule has 0 aromatic carbocycles. The molecule has 1 rings (SSSR count). The lowest BCUT2D eigenvalue weighted by Gasteiger charge is -2.23. The van der Waals surface area contributed by atoms with E-state index in [1.54, 1.807) is 25.4 Å². The minimum absolute atomic E-state index is 0.0113. The number of nitrogens with one attached hydrogen (secondary N) is 1. The highest BCUT2D eigenvalue weighted by molar-refractivity contribution is 9.10. The smallest absolute Gasteiger partial charge is 0.256 e. The summed E-state index contributed by atoms with van der Waals surface area (Å²) in [4.78, 5) is 29.3. The zero-order valence-electron chi connectivity index (χ0n) is 11.5. The Balaban J connectivity index is 2.69. The monoisotopic (exact) mass is 327 g/mol. The van der Waals surface area contributed by atoms with Gasteiger partial charge in [-0.25, -0.2) is 4.98 Å². The molecule has 0 aliphatic rings. The molecule has 0 unspecified atom stereocenters. The van der Waals surface area contributed by atoms with Crippen LogP contribution in [0.3, 0.4) is 0 Å². The number of likely N-dealkylation sites (N-methyl/N-ethyl adjacent to an activating group) is 1. The van der Waals surface area contributed by atoms with Gasteiger partial charge >= 0.3 is 0 Å². The average molecular weight is 328 g/mol. The fourth-order valence-electron chi connectivity index (χ4n) is 1.50. The topological polar surface area (TPSA) is 62.3 Å². The molecular formula is C13H18BrN3O2. The summed E-state index contributed by atoms with van der Waals surface area (Å²) < 4.78 is 0.475. The first-order chi connectivity index (χ1) is 8.70. The fraction of sp³-hybridized carbons (Fsp3) is 0.462. The minimum atomic E-state index is -0.310. The van der Waals surface area contributed by atoms with Crippen molar-refractivity contribution in [3.05, 3.63) is 28.5 Å². The average Bonchev–Trinajstić information content (AvgIpc) is 2.26. The van der Waals surface area contributed by atoms with Gasteiger partial charge in [0, 0.05) is 18.8 Å². The van der Waals surface area contributed by atoms with Crippen molar-refractivity contribution in [1.29, 1.82) is 0 Å². The van der Waals surface area contributed by atoms with Gasteiger partial charge in [0.25, 0.3) is 5.91 Å². The number of aromatic nitrogens is 1. The first kappa shape index (κ1) is 15.6. The molecule has 0 saturated carbocycles. The summed E-state index contributed by atoms with van der Waals surface area (Å²) in [5.41, 5.74) is 0.129. The number of rotatable bonds is 3. The Hall–Kier alpha value is -1.43. The van der Waals surface area contributed by atoms with Gasteiger partial charge in [-0.3, -0.25) is 9.59 Å². The Morgan fingerprint density at radius 3 is 2.58 bits per heavy atom. The van der Waals surface area contributed by atoms with Gasteiger partial charge in [0.1, 0.15) is 4.60 Å². The SMILES string of the molecule is CN(CC(=O)NC(C)(C)C)C(=O)c1cccnc1Br. The van der Waals surface area contributed by atoms with E-state index in [-0.39, 0.29) is 23.9 Å². The van der Waals surface area contributed by atoms with Gasteiger partial charge in [-0.15, -0.1) is 0 Å². The van der Waals surface area contributed by atoms with E-state index < -0.39 is 0 Å². The molecule has 1 aromatic rings. The maximum absolute atomic E-state index is 12.1. The quantitative estimate of drug-likeness (QED) is 0.861. The van der Waals surface area contributed by atoms with Crippen LogP contribution in [0.5, 0.6) is 0 Å². The van der Waals surface area contributed by atoms with Gasteiger partial charge in [0.15, 0.2) is 0 Å². The van der Waals surface area contributed by atoms with E-state index in [0.29, 0.717) is 10.2 Å². The third-order valence-corrected chi connectivity index (χ3v) is 2.86. The molecule has 0 aliphatic carbocycles. The number of hydrogen-bond acceptors (Lipinski definition) is 3. The highest BCUT2D eigenvalue weighted by atomic mass is 79.9. The van der Waals surface area contributed by atoms with Crippen molar-refractivity contribution in [2.24, 2.45) is 0 Å². The summed E-state index contributed by atoms with van der Waals surface area (Å²) in [5.74, 6) is -0.438.